The molecule has 0 heterocycles. The van der Waals surface area contributed by atoms with Crippen LogP contribution in [0.3, 0.4) is 0 Å². The van der Waals surface area contributed by atoms with E-state index < -0.39 is 28.1 Å². The van der Waals surface area contributed by atoms with Crippen molar-refractivity contribution in [3.8, 4) is 0 Å². The minimum Gasteiger partial charge on any atom is -0.763 e. The summed E-state index contributed by atoms with van der Waals surface area (Å²) in [5.74, 6) is 0. The molecule has 0 aliphatic heterocycles. The van der Waals surface area contributed by atoms with Crippen LogP contribution in [0.4, 0.5) is 16.8 Å². The van der Waals surface area contributed by atoms with Gasteiger partial charge in [-0.05, 0) is 45.0 Å². The summed E-state index contributed by atoms with van der Waals surface area (Å²) in [4.78, 5) is 35.0. The Morgan fingerprint density at radius 2 is 0.545 bits per heavy atom. The normalized spacial score (nSPS) is 19.5. The predicted molar refractivity (Wildman–Crippen MR) is 69.8 cm³/mol. The van der Waals surface area contributed by atoms with Gasteiger partial charge in [-0.15, -0.1) is 0 Å². The summed E-state index contributed by atoms with van der Waals surface area (Å²) >= 11 is 15.5. The smallest absolute Gasteiger partial charge is 0.763 e. The van der Waals surface area contributed by atoms with E-state index in [1.807, 2.05) is 0 Å². The monoisotopic (exact) mass is 596 g/mol. The third-order valence-corrected chi connectivity index (χ3v) is 0. The summed E-state index contributed by atoms with van der Waals surface area (Å²) in [5.41, 5.74) is 0. The Bertz CT molecular complexity index is 315. The van der Waals surface area contributed by atoms with Crippen LogP contribution in [-0.2, 0) is 18.3 Å². The molecule has 8 nitrogen and oxygen atoms in total. The summed E-state index contributed by atoms with van der Waals surface area (Å²) in [6.45, 7) is 0. The first-order valence-electron chi connectivity index (χ1n) is 2.81. The van der Waals surface area contributed by atoms with Gasteiger partial charge in [0.2, 0.25) is 0 Å². The molecule has 128 valence electrons. The van der Waals surface area contributed by atoms with E-state index in [9.17, 15) is 16.8 Å². The second-order valence-corrected chi connectivity index (χ2v) is 9.82. The van der Waals surface area contributed by atoms with Gasteiger partial charge in [-0.25, -0.2) is 0 Å². The van der Waals surface area contributed by atoms with Crippen molar-refractivity contribution in [1.82, 2.24) is 0 Å². The Kier molecular flexibility index (Phi) is 34.8. The van der Waals surface area contributed by atoms with Crippen LogP contribution in [0, 0.1) is 0 Å². The average molecular weight is 597 g/mol. The largest absolute Gasteiger partial charge is 2.00 e. The molecule has 0 spiro atoms. The summed E-state index contributed by atoms with van der Waals surface area (Å²) in [6.07, 6.45) is 0. The van der Waals surface area contributed by atoms with E-state index >= 15 is 0 Å². The zero-order valence-electron chi connectivity index (χ0n) is 9.49. The molecule has 0 saturated carbocycles. The maximum absolute atomic E-state index is 10.5. The minimum atomic E-state index is -4.92. The standard InChI is InChI=1S/Ca.4ClFHO2P.Sr/c;4*1-5(2,3)4;/h;4*(H,3,4);/q+2;;;;;+2/p-4. The number of rotatable bonds is 0. The predicted octanol–water partition coefficient (Wildman–Crippen LogP) is 1.89. The van der Waals surface area contributed by atoms with Gasteiger partial charge in [0.25, 0.3) is 28.1 Å². The van der Waals surface area contributed by atoms with Crippen molar-refractivity contribution in [3.05, 3.63) is 0 Å². The molecule has 0 amide bonds. The van der Waals surface area contributed by atoms with E-state index in [2.05, 4.69) is 45.0 Å². The van der Waals surface area contributed by atoms with Gasteiger partial charge in [-0.2, -0.15) is 16.8 Å². The topological polar surface area (TPSA) is 161 Å². The molecule has 0 aliphatic carbocycles. The first-order chi connectivity index (χ1) is 8.00. The Hall–Kier alpha value is 4.38. The Morgan fingerprint density at radius 3 is 0.545 bits per heavy atom. The molecule has 0 rings (SSSR count). The van der Waals surface area contributed by atoms with E-state index in [4.69, 9.17) is 37.8 Å². The van der Waals surface area contributed by atoms with Crippen molar-refractivity contribution in [2.45, 2.75) is 0 Å². The third-order valence-electron chi connectivity index (χ3n) is 0. The van der Waals surface area contributed by atoms with Crippen LogP contribution in [0.25, 0.3) is 0 Å². The van der Waals surface area contributed by atoms with Gasteiger partial charge in [0, 0.05) is 0 Å². The average Bonchev–Trinajstić information content (AvgIpc) is 1.62. The van der Waals surface area contributed by atoms with Crippen molar-refractivity contribution >= 4 is 156 Å². The summed E-state index contributed by atoms with van der Waals surface area (Å²) in [7, 11) is -19.7. The van der Waals surface area contributed by atoms with Gasteiger partial charge < -0.3 is 19.6 Å². The first-order valence-corrected chi connectivity index (χ1v) is 12.5. The van der Waals surface area contributed by atoms with Crippen LogP contribution in [-0.4, -0.2) is 83.2 Å². The zero-order chi connectivity index (χ0) is 18.0. The van der Waals surface area contributed by atoms with Crippen LogP contribution in [0.2, 0.25) is 0 Å². The molecule has 0 saturated heterocycles. The number of halogens is 8. The molecule has 0 radical (unpaired) electrons. The molecule has 0 aromatic heterocycles. The molecular formula is CaCl4F4O8P4Sr. The van der Waals surface area contributed by atoms with E-state index in [1.54, 1.807) is 0 Å². The van der Waals surface area contributed by atoms with Gasteiger partial charge >= 0.3 is 83.2 Å². The fraction of sp³-hybridized carbons (Fsp3) is 0. The Balaban J connectivity index is -0.0000000376. The molecule has 0 fully saturated rings. The quantitative estimate of drug-likeness (QED) is 0.233. The van der Waals surface area contributed by atoms with Crippen LogP contribution < -0.4 is 19.6 Å². The molecule has 0 bridgehead atoms. The fourth-order valence-corrected chi connectivity index (χ4v) is 0. The summed E-state index contributed by atoms with van der Waals surface area (Å²) < 4.78 is 76.8. The molecule has 0 aromatic carbocycles. The van der Waals surface area contributed by atoms with Crippen molar-refractivity contribution in [2.24, 2.45) is 0 Å². The second-order valence-electron chi connectivity index (χ2n) is 1.66. The number of hydrogen-bond donors (Lipinski definition) is 0. The Morgan fingerprint density at radius 1 is 0.545 bits per heavy atom. The van der Waals surface area contributed by atoms with Crippen molar-refractivity contribution in [2.75, 3.05) is 0 Å². The minimum absolute atomic E-state index is 0. The van der Waals surface area contributed by atoms with Crippen molar-refractivity contribution < 1.29 is 54.6 Å². The van der Waals surface area contributed by atoms with Gasteiger partial charge in [-0.1, -0.05) is 0 Å². The molecule has 4 atom stereocenters. The zero-order valence-corrected chi connectivity index (χ0v) is 21.8. The van der Waals surface area contributed by atoms with E-state index in [0.29, 0.717) is 0 Å². The van der Waals surface area contributed by atoms with Crippen LogP contribution in [0.5, 0.6) is 0 Å². The van der Waals surface area contributed by atoms with Gasteiger partial charge in [0.1, 0.15) is 0 Å². The van der Waals surface area contributed by atoms with Gasteiger partial charge in [-0.3, -0.25) is 18.3 Å². The maximum atomic E-state index is 10.5. The third kappa shape index (κ3) is 695. The molecule has 0 aromatic rings. The van der Waals surface area contributed by atoms with Crippen molar-refractivity contribution in [1.29, 1.82) is 0 Å². The van der Waals surface area contributed by atoms with E-state index in [0.717, 1.165) is 0 Å². The number of hydrogen-bond acceptors (Lipinski definition) is 8. The van der Waals surface area contributed by atoms with Gasteiger partial charge in [0.15, 0.2) is 0 Å². The second kappa shape index (κ2) is 18.7. The van der Waals surface area contributed by atoms with Crippen LogP contribution >= 0.6 is 73.1 Å². The molecule has 4 unspecified atom stereocenters. The van der Waals surface area contributed by atoms with E-state index in [1.165, 1.54) is 0 Å². The molecule has 0 N–H and O–H groups in total. The van der Waals surface area contributed by atoms with Gasteiger partial charge in [0.05, 0.1) is 0 Å². The molecule has 22 heavy (non-hydrogen) atoms. The first kappa shape index (κ1) is 40.9. The summed E-state index contributed by atoms with van der Waals surface area (Å²) in [6, 6.07) is 0. The van der Waals surface area contributed by atoms with Crippen molar-refractivity contribution in [3.63, 3.8) is 0 Å². The molecular weight excluding hydrogens is 597 g/mol. The Labute approximate surface area is 207 Å². The fourth-order valence-electron chi connectivity index (χ4n) is 0. The molecule has 22 heteroatoms. The van der Waals surface area contributed by atoms with E-state index in [-0.39, 0.29) is 83.2 Å². The van der Waals surface area contributed by atoms with Crippen LogP contribution in [0.15, 0.2) is 0 Å². The maximum Gasteiger partial charge on any atom is 2.00 e. The molecule has 0 aliphatic rings. The van der Waals surface area contributed by atoms with Crippen LogP contribution in [0.1, 0.15) is 0 Å². The summed E-state index contributed by atoms with van der Waals surface area (Å²) in [5, 5.41) is 0. The SMILES string of the molecule is O=P([O-])(F)Cl.O=P([O-])(F)Cl.O=P([O-])(F)Cl.O=P([O-])(F)Cl.[Ca+2].[Sr+2].